The summed E-state index contributed by atoms with van der Waals surface area (Å²) in [5, 5.41) is 2.66. The molecule has 0 saturated carbocycles. The first kappa shape index (κ1) is 19.7. The summed E-state index contributed by atoms with van der Waals surface area (Å²) in [6.07, 6.45) is -0.780. The zero-order valence-electron chi connectivity index (χ0n) is 13.2. The van der Waals surface area contributed by atoms with E-state index in [0.29, 0.717) is 0 Å². The molecule has 0 aliphatic heterocycles. The minimum atomic E-state index is -4.50. The Labute approximate surface area is 140 Å². The SMILES string of the molecule is CC(C)OC(=O)c1cc(NC(OC(C)C)S(=O)(=O)O)ccc1Cl. The van der Waals surface area contributed by atoms with E-state index in [-0.39, 0.29) is 22.4 Å². The summed E-state index contributed by atoms with van der Waals surface area (Å²) < 4.78 is 42.1. The van der Waals surface area contributed by atoms with Gasteiger partial charge < -0.3 is 14.8 Å². The van der Waals surface area contributed by atoms with Gasteiger partial charge in [0.1, 0.15) is 0 Å². The number of nitrogens with one attached hydrogen (secondary N) is 1. The van der Waals surface area contributed by atoms with Crippen molar-refractivity contribution in [1.29, 1.82) is 0 Å². The predicted molar refractivity (Wildman–Crippen MR) is 87.2 cm³/mol. The van der Waals surface area contributed by atoms with Crippen LogP contribution in [0.25, 0.3) is 0 Å². The average molecular weight is 366 g/mol. The minimum Gasteiger partial charge on any atom is -0.459 e. The Morgan fingerprint density at radius 3 is 2.30 bits per heavy atom. The lowest BCUT2D eigenvalue weighted by Gasteiger charge is -2.20. The topological polar surface area (TPSA) is 102 Å². The van der Waals surface area contributed by atoms with Crippen molar-refractivity contribution in [3.8, 4) is 0 Å². The zero-order chi connectivity index (χ0) is 17.8. The van der Waals surface area contributed by atoms with E-state index in [2.05, 4.69) is 5.32 Å². The molecule has 1 aromatic rings. The molecule has 130 valence electrons. The maximum absolute atomic E-state index is 12.0. The zero-order valence-corrected chi connectivity index (χ0v) is 14.8. The van der Waals surface area contributed by atoms with Crippen LogP contribution in [0.15, 0.2) is 18.2 Å². The van der Waals surface area contributed by atoms with Gasteiger partial charge in [-0.1, -0.05) is 11.6 Å². The van der Waals surface area contributed by atoms with Gasteiger partial charge in [-0.2, -0.15) is 8.42 Å². The first-order valence-corrected chi connectivity index (χ1v) is 8.77. The number of rotatable bonds is 7. The molecule has 2 N–H and O–H groups in total. The van der Waals surface area contributed by atoms with E-state index in [0.717, 1.165) is 0 Å². The second-order valence-corrected chi connectivity index (χ2v) is 7.19. The van der Waals surface area contributed by atoms with Crippen molar-refractivity contribution in [2.45, 2.75) is 45.5 Å². The lowest BCUT2D eigenvalue weighted by Crippen LogP contribution is -2.34. The number of hydrogen-bond acceptors (Lipinski definition) is 6. The highest BCUT2D eigenvalue weighted by Gasteiger charge is 2.25. The molecule has 1 aromatic carbocycles. The highest BCUT2D eigenvalue weighted by atomic mass is 35.5. The van der Waals surface area contributed by atoms with Crippen LogP contribution in [-0.4, -0.2) is 36.7 Å². The van der Waals surface area contributed by atoms with Crippen molar-refractivity contribution in [3.05, 3.63) is 28.8 Å². The fourth-order valence-corrected chi connectivity index (χ4v) is 2.45. The van der Waals surface area contributed by atoms with Gasteiger partial charge in [0, 0.05) is 5.69 Å². The number of ether oxygens (including phenoxy) is 2. The molecule has 0 heterocycles. The Morgan fingerprint density at radius 1 is 1.22 bits per heavy atom. The molecule has 7 nitrogen and oxygen atoms in total. The smallest absolute Gasteiger partial charge is 0.339 e. The summed E-state index contributed by atoms with van der Waals surface area (Å²) in [4.78, 5) is 12.0. The Balaban J connectivity index is 3.06. The molecule has 0 amide bonds. The second-order valence-electron chi connectivity index (χ2n) is 5.32. The van der Waals surface area contributed by atoms with Crippen LogP contribution in [-0.2, 0) is 19.6 Å². The van der Waals surface area contributed by atoms with E-state index in [9.17, 15) is 17.8 Å². The van der Waals surface area contributed by atoms with Gasteiger partial charge in [-0.05, 0) is 45.9 Å². The first-order chi connectivity index (χ1) is 10.5. The predicted octanol–water partition coefficient (Wildman–Crippen LogP) is 2.91. The molecule has 0 fully saturated rings. The minimum absolute atomic E-state index is 0.0731. The summed E-state index contributed by atoms with van der Waals surface area (Å²) in [5.41, 5.74) is -1.37. The van der Waals surface area contributed by atoms with E-state index < -0.39 is 27.8 Å². The standard InChI is InChI=1S/C14H20ClNO6S/c1-8(2)21-13(17)11-7-10(5-6-12(11)15)16-14(22-9(3)4)23(18,19)20/h5-9,14,16H,1-4H3,(H,18,19,20). The fourth-order valence-electron chi connectivity index (χ4n) is 1.61. The van der Waals surface area contributed by atoms with E-state index in [1.807, 2.05) is 0 Å². The maximum Gasteiger partial charge on any atom is 0.339 e. The highest BCUT2D eigenvalue weighted by molar-refractivity contribution is 7.86. The molecule has 0 aliphatic rings. The van der Waals surface area contributed by atoms with Crippen LogP contribution >= 0.6 is 11.6 Å². The first-order valence-electron chi connectivity index (χ1n) is 6.89. The highest BCUT2D eigenvalue weighted by Crippen LogP contribution is 2.23. The van der Waals surface area contributed by atoms with Crippen LogP contribution in [0.5, 0.6) is 0 Å². The fraction of sp³-hybridized carbons (Fsp3) is 0.500. The molecular formula is C14H20ClNO6S. The van der Waals surface area contributed by atoms with Gasteiger partial charge in [-0.3, -0.25) is 4.55 Å². The van der Waals surface area contributed by atoms with Crippen LogP contribution in [0.2, 0.25) is 5.02 Å². The normalized spacial score (nSPS) is 13.2. The van der Waals surface area contributed by atoms with E-state index in [1.54, 1.807) is 27.7 Å². The molecule has 0 saturated heterocycles. The van der Waals surface area contributed by atoms with Crippen LogP contribution in [0.1, 0.15) is 38.1 Å². The molecule has 0 spiro atoms. The van der Waals surface area contributed by atoms with Crippen molar-refractivity contribution in [2.24, 2.45) is 0 Å². The van der Waals surface area contributed by atoms with Gasteiger partial charge in [-0.15, -0.1) is 0 Å². The third-order valence-electron chi connectivity index (χ3n) is 2.48. The van der Waals surface area contributed by atoms with Gasteiger partial charge in [0.2, 0.25) is 0 Å². The van der Waals surface area contributed by atoms with Gasteiger partial charge in [0.25, 0.3) is 5.56 Å². The number of halogens is 1. The maximum atomic E-state index is 12.0. The number of benzene rings is 1. The monoisotopic (exact) mass is 365 g/mol. The Morgan fingerprint density at radius 2 is 1.83 bits per heavy atom. The Hall–Kier alpha value is -1.35. The number of anilines is 1. The summed E-state index contributed by atoms with van der Waals surface area (Å²) in [6, 6.07) is 4.20. The number of hydrogen-bond donors (Lipinski definition) is 2. The molecule has 23 heavy (non-hydrogen) atoms. The number of carbonyl (C=O) groups is 1. The van der Waals surface area contributed by atoms with Gasteiger partial charge >= 0.3 is 16.1 Å². The summed E-state index contributed by atoms with van der Waals surface area (Å²) in [6.45, 7) is 6.62. The van der Waals surface area contributed by atoms with Crippen molar-refractivity contribution in [1.82, 2.24) is 0 Å². The van der Waals surface area contributed by atoms with Gasteiger partial charge in [0.05, 0.1) is 22.8 Å². The molecule has 0 aromatic heterocycles. The molecule has 1 rings (SSSR count). The van der Waals surface area contributed by atoms with Crippen LogP contribution in [0.3, 0.4) is 0 Å². The quantitative estimate of drug-likeness (QED) is 0.435. The Bertz CT molecular complexity index is 659. The molecule has 1 unspecified atom stereocenters. The molecule has 0 radical (unpaired) electrons. The number of carbonyl (C=O) groups excluding carboxylic acids is 1. The molecule has 1 atom stereocenters. The van der Waals surface area contributed by atoms with Gasteiger partial charge in [0.15, 0.2) is 0 Å². The molecule has 9 heteroatoms. The third-order valence-corrected chi connectivity index (χ3v) is 3.58. The van der Waals surface area contributed by atoms with Crippen LogP contribution < -0.4 is 5.32 Å². The second kappa shape index (κ2) is 7.96. The molecular weight excluding hydrogens is 346 g/mol. The lowest BCUT2D eigenvalue weighted by molar-refractivity contribution is 0.0378. The third kappa shape index (κ3) is 6.34. The Kier molecular flexibility index (Phi) is 6.82. The summed E-state index contributed by atoms with van der Waals surface area (Å²) in [5.74, 6) is -0.637. The van der Waals surface area contributed by atoms with E-state index in [1.165, 1.54) is 18.2 Å². The van der Waals surface area contributed by atoms with Gasteiger partial charge in [-0.25, -0.2) is 4.79 Å². The largest absolute Gasteiger partial charge is 0.459 e. The molecule has 0 bridgehead atoms. The van der Waals surface area contributed by atoms with Crippen molar-refractivity contribution in [2.75, 3.05) is 5.32 Å². The molecule has 0 aliphatic carbocycles. The van der Waals surface area contributed by atoms with Crippen molar-refractivity contribution < 1.29 is 27.2 Å². The summed E-state index contributed by atoms with van der Waals surface area (Å²) >= 11 is 5.96. The average Bonchev–Trinajstić information content (AvgIpc) is 2.37. The lowest BCUT2D eigenvalue weighted by atomic mass is 10.2. The van der Waals surface area contributed by atoms with Crippen LogP contribution in [0.4, 0.5) is 5.69 Å². The van der Waals surface area contributed by atoms with Crippen LogP contribution in [0, 0.1) is 0 Å². The summed E-state index contributed by atoms with van der Waals surface area (Å²) in [7, 11) is -4.50. The number of esters is 1. The van der Waals surface area contributed by atoms with E-state index >= 15 is 0 Å². The van der Waals surface area contributed by atoms with Crippen molar-refractivity contribution >= 4 is 33.4 Å². The van der Waals surface area contributed by atoms with E-state index in [4.69, 9.17) is 21.1 Å². The van der Waals surface area contributed by atoms with Crippen molar-refractivity contribution in [3.63, 3.8) is 0 Å².